The molecular formula is C10H11NO. The van der Waals surface area contributed by atoms with Crippen LogP contribution in [0.1, 0.15) is 24.0 Å². The third-order valence-electron chi connectivity index (χ3n) is 2.29. The van der Waals surface area contributed by atoms with E-state index in [1.807, 2.05) is 12.3 Å². The van der Waals surface area contributed by atoms with E-state index in [9.17, 15) is 4.79 Å². The number of carbonyl (C=O) groups is 1. The zero-order valence-corrected chi connectivity index (χ0v) is 6.92. The molecule has 0 N–H and O–H groups in total. The molecule has 2 rings (SSSR count). The average molecular weight is 161 g/mol. The summed E-state index contributed by atoms with van der Waals surface area (Å²) in [5, 5.41) is 0. The molecule has 0 unspecified atom stereocenters. The van der Waals surface area contributed by atoms with Gasteiger partial charge >= 0.3 is 0 Å². The normalized spacial score (nSPS) is 16.8. The van der Waals surface area contributed by atoms with Crippen LogP contribution in [0.25, 0.3) is 0 Å². The van der Waals surface area contributed by atoms with Crippen LogP contribution < -0.4 is 0 Å². The van der Waals surface area contributed by atoms with Gasteiger partial charge in [0.25, 0.3) is 0 Å². The molecule has 1 aromatic heterocycles. The standard InChI is InChI=1S/C10H11NO/c12-10-3-1-2-9-7-11-5-4-8(9)6-10/h4-5,7H,1-3,6H2. The van der Waals surface area contributed by atoms with Gasteiger partial charge in [0.15, 0.2) is 0 Å². The number of Topliss-reactive ketones (excluding diaryl/α,β-unsaturated/α-hetero) is 1. The first-order valence-corrected chi connectivity index (χ1v) is 4.30. The average Bonchev–Trinajstić information content (AvgIpc) is 2.25. The first kappa shape index (κ1) is 7.47. The molecule has 0 amide bonds. The number of aryl methyl sites for hydroxylation is 1. The lowest BCUT2D eigenvalue weighted by Crippen LogP contribution is -1.99. The summed E-state index contributed by atoms with van der Waals surface area (Å²) in [5.74, 6) is 0.361. The summed E-state index contributed by atoms with van der Waals surface area (Å²) in [6.07, 6.45) is 6.98. The van der Waals surface area contributed by atoms with Gasteiger partial charge in [0.1, 0.15) is 5.78 Å². The van der Waals surface area contributed by atoms with E-state index in [2.05, 4.69) is 4.98 Å². The molecule has 1 aromatic rings. The number of hydrogen-bond acceptors (Lipinski definition) is 2. The van der Waals surface area contributed by atoms with Crippen molar-refractivity contribution in [2.24, 2.45) is 0 Å². The van der Waals surface area contributed by atoms with Crippen LogP contribution in [-0.2, 0) is 17.6 Å². The summed E-state index contributed by atoms with van der Waals surface area (Å²) in [7, 11) is 0. The van der Waals surface area contributed by atoms with E-state index < -0.39 is 0 Å². The Bertz CT molecular complexity index is 306. The molecule has 0 radical (unpaired) electrons. The lowest BCUT2D eigenvalue weighted by atomic mass is 10.1. The molecule has 12 heavy (non-hydrogen) atoms. The number of ketones is 1. The van der Waals surface area contributed by atoms with Crippen LogP contribution in [0.2, 0.25) is 0 Å². The van der Waals surface area contributed by atoms with Crippen LogP contribution >= 0.6 is 0 Å². The van der Waals surface area contributed by atoms with Gasteiger partial charge in [0, 0.05) is 25.2 Å². The van der Waals surface area contributed by atoms with E-state index in [-0.39, 0.29) is 0 Å². The van der Waals surface area contributed by atoms with Gasteiger partial charge in [-0.1, -0.05) is 0 Å². The van der Waals surface area contributed by atoms with E-state index in [4.69, 9.17) is 0 Å². The van der Waals surface area contributed by atoms with Gasteiger partial charge in [-0.25, -0.2) is 0 Å². The quantitative estimate of drug-likeness (QED) is 0.540. The molecule has 1 heterocycles. The van der Waals surface area contributed by atoms with Crippen LogP contribution in [0.15, 0.2) is 18.5 Å². The van der Waals surface area contributed by atoms with Crippen molar-refractivity contribution in [2.45, 2.75) is 25.7 Å². The van der Waals surface area contributed by atoms with E-state index in [0.29, 0.717) is 12.2 Å². The van der Waals surface area contributed by atoms with Crippen molar-refractivity contribution >= 4 is 5.78 Å². The molecule has 0 aromatic carbocycles. The smallest absolute Gasteiger partial charge is 0.137 e. The molecule has 0 saturated heterocycles. The molecule has 1 aliphatic carbocycles. The maximum absolute atomic E-state index is 11.2. The molecule has 0 aliphatic heterocycles. The number of hydrogen-bond donors (Lipinski definition) is 0. The Morgan fingerprint density at radius 2 is 2.17 bits per heavy atom. The Balaban J connectivity index is 2.37. The first-order valence-electron chi connectivity index (χ1n) is 4.30. The number of rotatable bonds is 0. The predicted molar refractivity (Wildman–Crippen MR) is 45.9 cm³/mol. The highest BCUT2D eigenvalue weighted by atomic mass is 16.1. The lowest BCUT2D eigenvalue weighted by Gasteiger charge is -2.00. The van der Waals surface area contributed by atoms with Gasteiger partial charge < -0.3 is 0 Å². The largest absolute Gasteiger partial charge is 0.299 e. The molecule has 0 bridgehead atoms. The highest BCUT2D eigenvalue weighted by Gasteiger charge is 2.12. The monoisotopic (exact) mass is 161 g/mol. The number of fused-ring (bicyclic) bond motifs is 1. The zero-order valence-electron chi connectivity index (χ0n) is 6.92. The van der Waals surface area contributed by atoms with Gasteiger partial charge in [-0.2, -0.15) is 0 Å². The highest BCUT2D eigenvalue weighted by molar-refractivity contribution is 5.81. The minimum absolute atomic E-state index is 0.361. The number of nitrogens with zero attached hydrogens (tertiary/aromatic N) is 1. The molecule has 2 heteroatoms. The van der Waals surface area contributed by atoms with Crippen molar-refractivity contribution in [1.29, 1.82) is 0 Å². The molecular weight excluding hydrogens is 150 g/mol. The topological polar surface area (TPSA) is 30.0 Å². The van der Waals surface area contributed by atoms with Gasteiger partial charge in [0.05, 0.1) is 0 Å². The third kappa shape index (κ3) is 1.37. The third-order valence-corrected chi connectivity index (χ3v) is 2.29. The number of aromatic nitrogens is 1. The van der Waals surface area contributed by atoms with Crippen molar-refractivity contribution in [1.82, 2.24) is 4.98 Å². The molecule has 62 valence electrons. The predicted octanol–water partition coefficient (Wildman–Crippen LogP) is 1.53. The fourth-order valence-electron chi connectivity index (χ4n) is 1.63. The summed E-state index contributed by atoms with van der Waals surface area (Å²) in [6.45, 7) is 0. The maximum atomic E-state index is 11.2. The number of pyridine rings is 1. The Labute approximate surface area is 71.6 Å². The van der Waals surface area contributed by atoms with Gasteiger partial charge in [-0.05, 0) is 30.0 Å². The molecule has 1 aliphatic rings. The minimum atomic E-state index is 0.361. The molecule has 0 fully saturated rings. The van der Waals surface area contributed by atoms with Crippen LogP contribution in [0.5, 0.6) is 0 Å². The van der Waals surface area contributed by atoms with E-state index >= 15 is 0 Å². The summed E-state index contributed by atoms with van der Waals surface area (Å²) in [6, 6.07) is 1.96. The van der Waals surface area contributed by atoms with E-state index in [1.165, 1.54) is 11.1 Å². The van der Waals surface area contributed by atoms with Crippen molar-refractivity contribution < 1.29 is 4.79 Å². The van der Waals surface area contributed by atoms with Gasteiger partial charge in [-0.3, -0.25) is 9.78 Å². The van der Waals surface area contributed by atoms with Crippen LogP contribution in [0.3, 0.4) is 0 Å². The zero-order chi connectivity index (χ0) is 8.39. The van der Waals surface area contributed by atoms with Crippen molar-refractivity contribution in [3.8, 4) is 0 Å². The van der Waals surface area contributed by atoms with E-state index in [1.54, 1.807) is 6.20 Å². The van der Waals surface area contributed by atoms with Crippen LogP contribution in [-0.4, -0.2) is 10.8 Å². The number of carbonyl (C=O) groups excluding carboxylic acids is 1. The Morgan fingerprint density at radius 3 is 3.08 bits per heavy atom. The SMILES string of the molecule is O=C1CCCc2cnccc2C1. The van der Waals surface area contributed by atoms with Crippen LogP contribution in [0.4, 0.5) is 0 Å². The molecule has 0 spiro atoms. The fraction of sp³-hybridized carbons (Fsp3) is 0.400. The van der Waals surface area contributed by atoms with Crippen molar-refractivity contribution in [3.63, 3.8) is 0 Å². The van der Waals surface area contributed by atoms with Gasteiger partial charge in [0.2, 0.25) is 0 Å². The summed E-state index contributed by atoms with van der Waals surface area (Å²) < 4.78 is 0. The fourth-order valence-corrected chi connectivity index (χ4v) is 1.63. The summed E-state index contributed by atoms with van der Waals surface area (Å²) in [5.41, 5.74) is 2.43. The summed E-state index contributed by atoms with van der Waals surface area (Å²) >= 11 is 0. The first-order chi connectivity index (χ1) is 5.86. The Kier molecular flexibility index (Phi) is 1.90. The van der Waals surface area contributed by atoms with Crippen molar-refractivity contribution in [2.75, 3.05) is 0 Å². The second-order valence-electron chi connectivity index (χ2n) is 3.21. The van der Waals surface area contributed by atoms with Crippen LogP contribution in [0, 0.1) is 0 Å². The second-order valence-corrected chi connectivity index (χ2v) is 3.21. The Hall–Kier alpha value is -1.18. The highest BCUT2D eigenvalue weighted by Crippen LogP contribution is 2.16. The second kappa shape index (κ2) is 3.05. The summed E-state index contributed by atoms with van der Waals surface area (Å²) in [4.78, 5) is 15.3. The molecule has 0 saturated carbocycles. The van der Waals surface area contributed by atoms with Crippen molar-refractivity contribution in [3.05, 3.63) is 29.6 Å². The lowest BCUT2D eigenvalue weighted by molar-refractivity contribution is -0.118. The Morgan fingerprint density at radius 1 is 1.25 bits per heavy atom. The van der Waals surface area contributed by atoms with Gasteiger partial charge in [-0.15, -0.1) is 0 Å². The maximum Gasteiger partial charge on any atom is 0.137 e. The molecule has 0 atom stereocenters. The van der Waals surface area contributed by atoms with E-state index in [0.717, 1.165) is 19.3 Å². The minimum Gasteiger partial charge on any atom is -0.299 e. The molecule has 2 nitrogen and oxygen atoms in total.